The molecule has 0 fully saturated rings. The van der Waals surface area contributed by atoms with Crippen LogP contribution in [0.2, 0.25) is 0 Å². The molecule has 1 N–H and O–H groups in total. The first-order valence-electron chi connectivity index (χ1n) is 9.40. The minimum Gasteiger partial charge on any atom is -0.350 e. The fraction of sp³-hybridized carbons (Fsp3) is 0.0833. The highest BCUT2D eigenvalue weighted by Crippen LogP contribution is 2.38. The Bertz CT molecular complexity index is 1160. The molecular weight excluding hydrogens is 399 g/mol. The molecule has 0 radical (unpaired) electrons. The Kier molecular flexibility index (Phi) is 5.42. The Morgan fingerprint density at radius 3 is 2.23 bits per heavy atom. The predicted molar refractivity (Wildman–Crippen MR) is 118 cm³/mol. The number of thioether (sulfide) groups is 1. The summed E-state index contributed by atoms with van der Waals surface area (Å²) in [5.74, 6) is -1.34. The second kappa shape index (κ2) is 8.16. The summed E-state index contributed by atoms with van der Waals surface area (Å²) in [5, 5.41) is 3.18. The number of carbonyl (C=O) groups excluding carboxylic acids is 2. The number of benzene rings is 3. The predicted octanol–water partition coefficient (Wildman–Crippen LogP) is 5.43. The zero-order valence-electron chi connectivity index (χ0n) is 16.5. The van der Waals surface area contributed by atoms with Crippen molar-refractivity contribution in [3.8, 4) is 0 Å². The number of nitrogens with zero attached hydrogens (tertiary/aromatic N) is 1. The lowest BCUT2D eigenvalue weighted by molar-refractivity contribution is -0.120. The Morgan fingerprint density at radius 1 is 0.833 bits per heavy atom. The van der Waals surface area contributed by atoms with Gasteiger partial charge in [0.25, 0.3) is 11.8 Å². The number of amides is 2. The molecular formula is C24H19FN2O2S. The second-order valence-electron chi connectivity index (χ2n) is 6.91. The maximum absolute atomic E-state index is 13.4. The number of imide groups is 1. The summed E-state index contributed by atoms with van der Waals surface area (Å²) in [6.45, 7) is 3.95. The van der Waals surface area contributed by atoms with Crippen LogP contribution in [0.5, 0.6) is 0 Å². The lowest BCUT2D eigenvalue weighted by atomic mass is 10.1. The molecule has 0 spiro atoms. The van der Waals surface area contributed by atoms with E-state index in [1.165, 1.54) is 36.0 Å². The summed E-state index contributed by atoms with van der Waals surface area (Å²) < 4.78 is 13.4. The molecule has 0 aliphatic carbocycles. The molecule has 0 saturated carbocycles. The number of hydrogen-bond acceptors (Lipinski definition) is 4. The first kappa shape index (κ1) is 19.9. The van der Waals surface area contributed by atoms with E-state index in [4.69, 9.17) is 0 Å². The molecule has 2 amide bonds. The molecule has 0 saturated heterocycles. The Balaban J connectivity index is 1.77. The van der Waals surface area contributed by atoms with Crippen molar-refractivity contribution >= 4 is 35.0 Å². The van der Waals surface area contributed by atoms with Crippen LogP contribution in [0.15, 0.2) is 88.3 Å². The van der Waals surface area contributed by atoms with Gasteiger partial charge in [-0.2, -0.15) is 0 Å². The fourth-order valence-electron chi connectivity index (χ4n) is 3.17. The van der Waals surface area contributed by atoms with Crippen LogP contribution in [-0.2, 0) is 9.59 Å². The van der Waals surface area contributed by atoms with Gasteiger partial charge in [0.05, 0.1) is 5.69 Å². The van der Waals surface area contributed by atoms with Crippen LogP contribution in [0.4, 0.5) is 15.8 Å². The molecule has 1 aliphatic heterocycles. The smallest absolute Gasteiger partial charge is 0.283 e. The Morgan fingerprint density at radius 2 is 1.53 bits per heavy atom. The molecule has 3 aromatic carbocycles. The number of hydrogen-bond donors (Lipinski definition) is 1. The fourth-order valence-corrected chi connectivity index (χ4v) is 4.11. The lowest BCUT2D eigenvalue weighted by Gasteiger charge is -2.16. The van der Waals surface area contributed by atoms with E-state index in [9.17, 15) is 14.0 Å². The Hall–Kier alpha value is -3.38. The summed E-state index contributed by atoms with van der Waals surface area (Å²) in [6, 6.07) is 20.5. The van der Waals surface area contributed by atoms with Gasteiger partial charge in [-0.1, -0.05) is 42.1 Å². The van der Waals surface area contributed by atoms with E-state index in [2.05, 4.69) is 5.32 Å². The second-order valence-corrected chi connectivity index (χ2v) is 8.00. The van der Waals surface area contributed by atoms with Gasteiger partial charge < -0.3 is 5.32 Å². The van der Waals surface area contributed by atoms with Crippen LogP contribution >= 0.6 is 11.8 Å². The third-order valence-corrected chi connectivity index (χ3v) is 6.04. The molecule has 4 nitrogen and oxygen atoms in total. The summed E-state index contributed by atoms with van der Waals surface area (Å²) in [7, 11) is 0. The average Bonchev–Trinajstić information content (AvgIpc) is 2.97. The van der Waals surface area contributed by atoms with E-state index < -0.39 is 17.6 Å². The van der Waals surface area contributed by atoms with Gasteiger partial charge in [0.1, 0.15) is 16.4 Å². The van der Waals surface area contributed by atoms with Crippen molar-refractivity contribution < 1.29 is 14.0 Å². The number of carbonyl (C=O) groups is 2. The van der Waals surface area contributed by atoms with Crippen molar-refractivity contribution in [3.05, 3.63) is 100 Å². The van der Waals surface area contributed by atoms with E-state index >= 15 is 0 Å². The third kappa shape index (κ3) is 3.74. The summed E-state index contributed by atoms with van der Waals surface area (Å²) in [4.78, 5) is 28.8. The van der Waals surface area contributed by atoms with Crippen molar-refractivity contribution in [2.45, 2.75) is 18.7 Å². The van der Waals surface area contributed by atoms with Gasteiger partial charge in [0.2, 0.25) is 0 Å². The van der Waals surface area contributed by atoms with E-state index in [1.807, 2.05) is 62.4 Å². The topological polar surface area (TPSA) is 49.4 Å². The van der Waals surface area contributed by atoms with Crippen molar-refractivity contribution in [1.29, 1.82) is 0 Å². The van der Waals surface area contributed by atoms with Crippen molar-refractivity contribution in [1.82, 2.24) is 0 Å². The van der Waals surface area contributed by atoms with E-state index in [0.717, 1.165) is 26.6 Å². The highest BCUT2D eigenvalue weighted by atomic mass is 32.2. The van der Waals surface area contributed by atoms with Gasteiger partial charge in [-0.15, -0.1) is 0 Å². The largest absolute Gasteiger partial charge is 0.350 e. The van der Waals surface area contributed by atoms with Gasteiger partial charge in [0.15, 0.2) is 0 Å². The third-order valence-electron chi connectivity index (χ3n) is 4.95. The van der Waals surface area contributed by atoms with Crippen molar-refractivity contribution in [2.75, 3.05) is 10.2 Å². The number of anilines is 2. The molecule has 150 valence electrons. The standard InChI is InChI=1S/C24H19FN2O2S/c1-15-7-6-10-20(16(15)2)26-21-22(30-19-8-4-3-5-9-19)24(29)27(23(21)28)18-13-11-17(25)12-14-18/h3-14,26H,1-2H3. The number of nitrogens with one attached hydrogen (secondary N) is 1. The van der Waals surface area contributed by atoms with Crippen LogP contribution < -0.4 is 10.2 Å². The van der Waals surface area contributed by atoms with Crippen molar-refractivity contribution in [2.24, 2.45) is 0 Å². The van der Waals surface area contributed by atoms with Crippen LogP contribution in [0.1, 0.15) is 11.1 Å². The minimum absolute atomic E-state index is 0.215. The molecule has 1 aliphatic rings. The Labute approximate surface area is 178 Å². The number of halogens is 1. The summed E-state index contributed by atoms with van der Waals surface area (Å²) >= 11 is 1.23. The van der Waals surface area contributed by atoms with Gasteiger partial charge in [0, 0.05) is 10.6 Å². The molecule has 4 rings (SSSR count). The molecule has 3 aromatic rings. The highest BCUT2D eigenvalue weighted by Gasteiger charge is 2.40. The quantitative estimate of drug-likeness (QED) is 0.561. The van der Waals surface area contributed by atoms with E-state index in [-0.39, 0.29) is 5.70 Å². The molecule has 0 unspecified atom stereocenters. The van der Waals surface area contributed by atoms with Crippen LogP contribution in [-0.4, -0.2) is 11.8 Å². The zero-order chi connectivity index (χ0) is 21.3. The molecule has 0 bridgehead atoms. The molecule has 0 atom stereocenters. The maximum atomic E-state index is 13.4. The molecule has 30 heavy (non-hydrogen) atoms. The first-order valence-corrected chi connectivity index (χ1v) is 10.2. The van der Waals surface area contributed by atoms with Gasteiger partial charge in [-0.25, -0.2) is 9.29 Å². The average molecular weight is 418 g/mol. The van der Waals surface area contributed by atoms with E-state index in [1.54, 1.807) is 0 Å². The molecule has 6 heteroatoms. The summed E-state index contributed by atoms with van der Waals surface area (Å²) in [6.07, 6.45) is 0. The van der Waals surface area contributed by atoms with Gasteiger partial charge in [-0.05, 0) is 67.4 Å². The monoisotopic (exact) mass is 418 g/mol. The van der Waals surface area contributed by atoms with Gasteiger partial charge >= 0.3 is 0 Å². The number of rotatable bonds is 5. The van der Waals surface area contributed by atoms with Gasteiger partial charge in [-0.3, -0.25) is 9.59 Å². The highest BCUT2D eigenvalue weighted by molar-refractivity contribution is 8.04. The first-order chi connectivity index (χ1) is 14.5. The van der Waals surface area contributed by atoms with Crippen LogP contribution in [0.25, 0.3) is 0 Å². The van der Waals surface area contributed by atoms with Crippen molar-refractivity contribution in [3.63, 3.8) is 0 Å². The minimum atomic E-state index is -0.467. The molecule has 1 heterocycles. The molecule has 0 aromatic heterocycles. The lowest BCUT2D eigenvalue weighted by Crippen LogP contribution is -2.32. The normalized spacial score (nSPS) is 13.9. The number of aryl methyl sites for hydroxylation is 1. The SMILES string of the molecule is Cc1cccc(NC2=C(Sc3ccccc3)C(=O)N(c3ccc(F)cc3)C2=O)c1C. The van der Waals surface area contributed by atoms with E-state index in [0.29, 0.717) is 10.6 Å². The van der Waals surface area contributed by atoms with Crippen LogP contribution in [0.3, 0.4) is 0 Å². The van der Waals surface area contributed by atoms with Crippen LogP contribution in [0, 0.1) is 19.7 Å². The summed E-state index contributed by atoms with van der Waals surface area (Å²) in [5.41, 5.74) is 3.38. The zero-order valence-corrected chi connectivity index (χ0v) is 17.3. The maximum Gasteiger partial charge on any atom is 0.283 e.